The van der Waals surface area contributed by atoms with Crippen LogP contribution in [0.2, 0.25) is 0 Å². The maximum absolute atomic E-state index is 11.0. The summed E-state index contributed by atoms with van der Waals surface area (Å²) in [6.45, 7) is 0. The summed E-state index contributed by atoms with van der Waals surface area (Å²) >= 11 is 3.42. The fourth-order valence-corrected chi connectivity index (χ4v) is 2.50. The van der Waals surface area contributed by atoms with Crippen LogP contribution in [-0.4, -0.2) is 16.1 Å². The van der Waals surface area contributed by atoms with E-state index in [1.54, 1.807) is 12.4 Å². The van der Waals surface area contributed by atoms with Crippen LogP contribution in [0.25, 0.3) is 0 Å². The molecule has 0 aliphatic carbocycles. The number of benzene rings is 1. The van der Waals surface area contributed by atoms with Crippen molar-refractivity contribution in [1.82, 2.24) is 4.98 Å². The Hall–Kier alpha value is -1.68. The first-order valence-corrected chi connectivity index (χ1v) is 6.80. The zero-order valence-corrected chi connectivity index (χ0v) is 11.9. The van der Waals surface area contributed by atoms with E-state index in [0.717, 1.165) is 15.6 Å². The van der Waals surface area contributed by atoms with Crippen molar-refractivity contribution in [2.24, 2.45) is 0 Å². The Morgan fingerprint density at radius 3 is 2.63 bits per heavy atom. The molecule has 0 radical (unpaired) electrons. The highest BCUT2D eigenvalue weighted by atomic mass is 79.9. The quantitative estimate of drug-likeness (QED) is 0.915. The minimum Gasteiger partial charge on any atom is -0.481 e. The van der Waals surface area contributed by atoms with Gasteiger partial charge in [-0.2, -0.15) is 0 Å². The summed E-state index contributed by atoms with van der Waals surface area (Å²) in [7, 11) is 0. The van der Waals surface area contributed by atoms with Crippen molar-refractivity contribution in [3.63, 3.8) is 0 Å². The van der Waals surface area contributed by atoms with E-state index in [4.69, 9.17) is 5.11 Å². The fourth-order valence-electron chi connectivity index (χ4n) is 2.08. The Labute approximate surface area is 120 Å². The smallest absolute Gasteiger partial charge is 0.303 e. The second kappa shape index (κ2) is 6.48. The zero-order valence-electron chi connectivity index (χ0n) is 10.3. The zero-order chi connectivity index (χ0) is 13.7. The van der Waals surface area contributed by atoms with Crippen LogP contribution in [0.4, 0.5) is 0 Å². The molecule has 2 aromatic rings. The highest BCUT2D eigenvalue weighted by Gasteiger charge is 2.16. The lowest BCUT2D eigenvalue weighted by Gasteiger charge is -2.15. The van der Waals surface area contributed by atoms with E-state index in [9.17, 15) is 4.79 Å². The number of hydrogen-bond acceptors (Lipinski definition) is 2. The Kier molecular flexibility index (Phi) is 4.68. The summed E-state index contributed by atoms with van der Waals surface area (Å²) in [6, 6.07) is 11.7. The second-order valence-electron chi connectivity index (χ2n) is 4.41. The second-order valence-corrected chi connectivity index (χ2v) is 5.33. The van der Waals surface area contributed by atoms with Crippen LogP contribution >= 0.6 is 15.9 Å². The Morgan fingerprint density at radius 1 is 1.26 bits per heavy atom. The van der Waals surface area contributed by atoms with E-state index in [2.05, 4.69) is 20.9 Å². The van der Waals surface area contributed by atoms with Gasteiger partial charge in [-0.3, -0.25) is 9.78 Å². The third-order valence-corrected chi connectivity index (χ3v) is 3.47. The number of aromatic nitrogens is 1. The number of aliphatic carboxylic acids is 1. The third kappa shape index (κ3) is 4.17. The molecule has 0 bridgehead atoms. The van der Waals surface area contributed by atoms with Gasteiger partial charge in [-0.15, -0.1) is 0 Å². The van der Waals surface area contributed by atoms with E-state index in [1.165, 1.54) is 0 Å². The first-order valence-electron chi connectivity index (χ1n) is 6.01. The summed E-state index contributed by atoms with van der Waals surface area (Å²) in [4.78, 5) is 15.0. The third-order valence-electron chi connectivity index (χ3n) is 2.97. The molecule has 0 amide bonds. The van der Waals surface area contributed by atoms with Crippen molar-refractivity contribution in [3.05, 3.63) is 64.4 Å². The van der Waals surface area contributed by atoms with Gasteiger partial charge in [-0.25, -0.2) is 0 Å². The predicted octanol–water partition coefficient (Wildman–Crippen LogP) is 3.65. The van der Waals surface area contributed by atoms with Crippen molar-refractivity contribution in [3.8, 4) is 0 Å². The maximum atomic E-state index is 11.0. The lowest BCUT2D eigenvalue weighted by molar-refractivity contribution is -0.137. The standard InChI is InChI=1S/C15H14BrNO2/c16-14-3-1-2-12(9-14)13(10-15(18)19)8-11-4-6-17-7-5-11/h1-7,9,13H,8,10H2,(H,18,19). The Bertz CT molecular complexity index is 557. The minimum atomic E-state index is -0.779. The van der Waals surface area contributed by atoms with E-state index < -0.39 is 5.97 Å². The summed E-state index contributed by atoms with van der Waals surface area (Å²) in [5, 5.41) is 9.07. The number of pyridine rings is 1. The number of carboxylic acids is 1. The molecule has 0 aliphatic heterocycles. The molecule has 0 aliphatic rings. The van der Waals surface area contributed by atoms with Crippen molar-refractivity contribution in [1.29, 1.82) is 0 Å². The lowest BCUT2D eigenvalue weighted by Crippen LogP contribution is -2.09. The summed E-state index contributed by atoms with van der Waals surface area (Å²) in [5.41, 5.74) is 2.13. The number of hydrogen-bond donors (Lipinski definition) is 1. The van der Waals surface area contributed by atoms with Gasteiger partial charge in [-0.1, -0.05) is 28.1 Å². The van der Waals surface area contributed by atoms with Gasteiger partial charge in [0.25, 0.3) is 0 Å². The molecule has 2 rings (SSSR count). The van der Waals surface area contributed by atoms with Crippen LogP contribution in [0.1, 0.15) is 23.5 Å². The molecule has 19 heavy (non-hydrogen) atoms. The Balaban J connectivity index is 2.23. The van der Waals surface area contributed by atoms with Gasteiger partial charge in [0.1, 0.15) is 0 Å². The predicted molar refractivity (Wildman–Crippen MR) is 77.1 cm³/mol. The summed E-state index contributed by atoms with van der Waals surface area (Å²) in [5.74, 6) is -0.809. The van der Waals surface area contributed by atoms with Crippen LogP contribution in [0.5, 0.6) is 0 Å². The topological polar surface area (TPSA) is 50.2 Å². The molecule has 1 atom stereocenters. The van der Waals surface area contributed by atoms with E-state index >= 15 is 0 Å². The van der Waals surface area contributed by atoms with Gasteiger partial charge in [0.05, 0.1) is 6.42 Å². The molecule has 98 valence electrons. The number of nitrogens with zero attached hydrogens (tertiary/aromatic N) is 1. The SMILES string of the molecule is O=C(O)CC(Cc1ccncc1)c1cccc(Br)c1. The molecule has 1 aromatic carbocycles. The number of halogens is 1. The molecule has 0 fully saturated rings. The van der Waals surface area contributed by atoms with Gasteiger partial charge in [-0.05, 0) is 47.7 Å². The molecular formula is C15H14BrNO2. The molecule has 0 saturated heterocycles. The lowest BCUT2D eigenvalue weighted by atomic mass is 9.90. The molecule has 3 nitrogen and oxygen atoms in total. The highest BCUT2D eigenvalue weighted by Crippen LogP contribution is 2.26. The van der Waals surface area contributed by atoms with Crippen LogP contribution in [0, 0.1) is 0 Å². The van der Waals surface area contributed by atoms with Crippen LogP contribution in [-0.2, 0) is 11.2 Å². The normalized spacial score (nSPS) is 12.1. The number of rotatable bonds is 5. The van der Waals surface area contributed by atoms with Crippen LogP contribution in [0.15, 0.2) is 53.3 Å². The van der Waals surface area contributed by atoms with Gasteiger partial charge in [0.2, 0.25) is 0 Å². The molecule has 1 heterocycles. The molecule has 0 saturated carbocycles. The van der Waals surface area contributed by atoms with Crippen molar-refractivity contribution < 1.29 is 9.90 Å². The molecular weight excluding hydrogens is 306 g/mol. The average Bonchev–Trinajstić information content (AvgIpc) is 2.39. The largest absolute Gasteiger partial charge is 0.481 e. The first-order chi connectivity index (χ1) is 9.15. The van der Waals surface area contributed by atoms with Crippen LogP contribution < -0.4 is 0 Å². The van der Waals surface area contributed by atoms with Crippen molar-refractivity contribution in [2.45, 2.75) is 18.8 Å². The van der Waals surface area contributed by atoms with Crippen molar-refractivity contribution >= 4 is 21.9 Å². The van der Waals surface area contributed by atoms with Gasteiger partial charge in [0.15, 0.2) is 0 Å². The van der Waals surface area contributed by atoms with Crippen LogP contribution in [0.3, 0.4) is 0 Å². The monoisotopic (exact) mass is 319 g/mol. The maximum Gasteiger partial charge on any atom is 0.303 e. The van der Waals surface area contributed by atoms with E-state index in [1.807, 2.05) is 36.4 Å². The molecule has 1 unspecified atom stereocenters. The van der Waals surface area contributed by atoms with Gasteiger partial charge >= 0.3 is 5.97 Å². The number of carboxylic acid groups (broad SMARTS) is 1. The molecule has 1 N–H and O–H groups in total. The molecule has 4 heteroatoms. The molecule has 1 aromatic heterocycles. The average molecular weight is 320 g/mol. The fraction of sp³-hybridized carbons (Fsp3) is 0.200. The Morgan fingerprint density at radius 2 is 2.00 bits per heavy atom. The molecule has 0 spiro atoms. The summed E-state index contributed by atoms with van der Waals surface area (Å²) in [6.07, 6.45) is 4.28. The minimum absolute atomic E-state index is 0.0302. The van der Waals surface area contributed by atoms with E-state index in [-0.39, 0.29) is 12.3 Å². The van der Waals surface area contributed by atoms with Crippen molar-refractivity contribution in [2.75, 3.05) is 0 Å². The number of carbonyl (C=O) groups is 1. The van der Waals surface area contributed by atoms with Gasteiger partial charge in [0, 0.05) is 16.9 Å². The first kappa shape index (κ1) is 13.7. The van der Waals surface area contributed by atoms with Gasteiger partial charge < -0.3 is 5.11 Å². The highest BCUT2D eigenvalue weighted by molar-refractivity contribution is 9.10. The summed E-state index contributed by atoms with van der Waals surface area (Å²) < 4.78 is 0.968. The van der Waals surface area contributed by atoms with E-state index in [0.29, 0.717) is 6.42 Å².